The van der Waals surface area contributed by atoms with Crippen LogP contribution in [0.1, 0.15) is 73.0 Å². The number of amides is 2. The summed E-state index contributed by atoms with van der Waals surface area (Å²) in [6.45, 7) is 3.52. The lowest BCUT2D eigenvalue weighted by Gasteiger charge is -2.16. The standard InChI is InChI=1S/C25H22FN7O3/c1-13-16(14(2)34)3-4-18-17(13)5-6-19(18)31-24(36)21-10-20(32-25-29-12-30-33(21)25)23(35)28-11-15-7-8-27-22(26)9-15/h3-4,7-10,12,19H,5-6,11H2,1-2H3,(H,28,35)(H,31,36)/t19-/m0/s1. The number of pyridine rings is 1. The van der Waals surface area contributed by atoms with Crippen molar-refractivity contribution < 1.29 is 18.8 Å². The zero-order valence-electron chi connectivity index (χ0n) is 19.6. The van der Waals surface area contributed by atoms with E-state index in [1.165, 1.54) is 29.2 Å². The van der Waals surface area contributed by atoms with Crippen molar-refractivity contribution in [1.29, 1.82) is 0 Å². The van der Waals surface area contributed by atoms with Gasteiger partial charge in [0.2, 0.25) is 5.95 Å². The van der Waals surface area contributed by atoms with E-state index >= 15 is 0 Å². The summed E-state index contributed by atoms with van der Waals surface area (Å²) in [6, 6.07) is 7.57. The Balaban J connectivity index is 1.38. The zero-order chi connectivity index (χ0) is 25.4. The summed E-state index contributed by atoms with van der Waals surface area (Å²) >= 11 is 0. The summed E-state index contributed by atoms with van der Waals surface area (Å²) in [7, 11) is 0. The summed E-state index contributed by atoms with van der Waals surface area (Å²) in [4.78, 5) is 49.7. The van der Waals surface area contributed by atoms with Gasteiger partial charge in [0.05, 0.1) is 6.04 Å². The van der Waals surface area contributed by atoms with Crippen molar-refractivity contribution in [1.82, 2.24) is 35.2 Å². The van der Waals surface area contributed by atoms with E-state index in [9.17, 15) is 18.8 Å². The molecule has 182 valence electrons. The van der Waals surface area contributed by atoms with Crippen LogP contribution in [0.2, 0.25) is 0 Å². The number of carbonyl (C=O) groups is 3. The smallest absolute Gasteiger partial charge is 0.270 e. The average molecular weight is 487 g/mol. The molecule has 0 saturated carbocycles. The van der Waals surface area contributed by atoms with Crippen molar-refractivity contribution in [3.63, 3.8) is 0 Å². The van der Waals surface area contributed by atoms with Gasteiger partial charge in [0.15, 0.2) is 5.78 Å². The van der Waals surface area contributed by atoms with Crippen LogP contribution < -0.4 is 10.6 Å². The maximum Gasteiger partial charge on any atom is 0.270 e. The number of nitrogens with one attached hydrogen (secondary N) is 2. The predicted octanol–water partition coefficient (Wildman–Crippen LogP) is 2.52. The highest BCUT2D eigenvalue weighted by atomic mass is 19.1. The monoisotopic (exact) mass is 487 g/mol. The van der Waals surface area contributed by atoms with Gasteiger partial charge in [-0.2, -0.15) is 19.0 Å². The van der Waals surface area contributed by atoms with Crippen LogP contribution in [0.5, 0.6) is 0 Å². The molecule has 0 bridgehead atoms. The Labute approximate surface area is 205 Å². The van der Waals surface area contributed by atoms with Gasteiger partial charge in [-0.15, -0.1) is 0 Å². The zero-order valence-corrected chi connectivity index (χ0v) is 19.6. The minimum atomic E-state index is -0.648. The largest absolute Gasteiger partial charge is 0.347 e. The van der Waals surface area contributed by atoms with Crippen molar-refractivity contribution in [2.24, 2.45) is 0 Å². The molecular weight excluding hydrogens is 465 g/mol. The van der Waals surface area contributed by atoms with Crippen LogP contribution >= 0.6 is 0 Å². The van der Waals surface area contributed by atoms with Crippen LogP contribution in [0, 0.1) is 12.9 Å². The fourth-order valence-electron chi connectivity index (χ4n) is 4.56. The molecule has 0 radical (unpaired) electrons. The van der Waals surface area contributed by atoms with E-state index in [1.54, 1.807) is 19.1 Å². The first-order valence-electron chi connectivity index (χ1n) is 11.4. The lowest BCUT2D eigenvalue weighted by molar-refractivity contribution is 0.0927. The minimum absolute atomic E-state index is 0.00742. The highest BCUT2D eigenvalue weighted by molar-refractivity contribution is 5.98. The lowest BCUT2D eigenvalue weighted by atomic mass is 9.96. The number of benzene rings is 1. The molecule has 2 amide bonds. The van der Waals surface area contributed by atoms with Crippen LogP contribution in [0.3, 0.4) is 0 Å². The van der Waals surface area contributed by atoms with Gasteiger partial charge in [0, 0.05) is 24.4 Å². The van der Waals surface area contributed by atoms with Crippen LogP contribution in [0.15, 0.2) is 42.9 Å². The summed E-state index contributed by atoms with van der Waals surface area (Å²) in [5.41, 5.74) is 4.27. The summed E-state index contributed by atoms with van der Waals surface area (Å²) < 4.78 is 14.6. The number of Topliss-reactive ketones (excluding diaryl/α,β-unsaturated/α-hetero) is 1. The molecule has 1 atom stereocenters. The number of rotatable bonds is 6. The van der Waals surface area contributed by atoms with E-state index in [1.807, 2.05) is 13.0 Å². The third-order valence-corrected chi connectivity index (χ3v) is 6.34. The first kappa shape index (κ1) is 23.2. The summed E-state index contributed by atoms with van der Waals surface area (Å²) in [6.07, 6.45) is 3.98. The Kier molecular flexibility index (Phi) is 5.96. The molecule has 0 fully saturated rings. The van der Waals surface area contributed by atoms with Gasteiger partial charge in [-0.05, 0) is 61.1 Å². The lowest BCUT2D eigenvalue weighted by Crippen LogP contribution is -2.30. The molecule has 1 aliphatic carbocycles. The molecule has 10 nitrogen and oxygen atoms in total. The normalized spacial score (nSPS) is 14.5. The minimum Gasteiger partial charge on any atom is -0.347 e. The van der Waals surface area contributed by atoms with Crippen molar-refractivity contribution in [2.75, 3.05) is 0 Å². The molecule has 4 aromatic rings. The topological polar surface area (TPSA) is 131 Å². The quantitative estimate of drug-likeness (QED) is 0.316. The van der Waals surface area contributed by atoms with Crippen molar-refractivity contribution in [3.05, 3.63) is 88.0 Å². The van der Waals surface area contributed by atoms with Gasteiger partial charge < -0.3 is 10.6 Å². The third-order valence-electron chi connectivity index (χ3n) is 6.34. The molecule has 0 spiro atoms. The maximum absolute atomic E-state index is 13.3. The van der Waals surface area contributed by atoms with E-state index in [0.717, 1.165) is 23.1 Å². The highest BCUT2D eigenvalue weighted by Gasteiger charge is 2.28. The van der Waals surface area contributed by atoms with Gasteiger partial charge >= 0.3 is 0 Å². The molecule has 0 saturated heterocycles. The fourth-order valence-corrected chi connectivity index (χ4v) is 4.56. The summed E-state index contributed by atoms with van der Waals surface area (Å²) in [5, 5.41) is 9.75. The van der Waals surface area contributed by atoms with Crippen LogP contribution in [0.25, 0.3) is 5.78 Å². The number of aromatic nitrogens is 5. The molecule has 2 N–H and O–H groups in total. The van der Waals surface area contributed by atoms with Gasteiger partial charge in [-0.25, -0.2) is 9.97 Å². The van der Waals surface area contributed by atoms with Crippen LogP contribution in [-0.4, -0.2) is 42.2 Å². The SMILES string of the molecule is CC(=O)c1ccc2c(c1C)CC[C@@H]2NC(=O)c1cc(C(=O)NCc2ccnc(F)c2)nc2ncnn12. The van der Waals surface area contributed by atoms with Crippen LogP contribution in [-0.2, 0) is 13.0 Å². The molecule has 36 heavy (non-hydrogen) atoms. The molecule has 11 heteroatoms. The first-order chi connectivity index (χ1) is 17.3. The number of ketones is 1. The Morgan fingerprint density at radius 3 is 2.75 bits per heavy atom. The predicted molar refractivity (Wildman–Crippen MR) is 126 cm³/mol. The molecule has 0 unspecified atom stereocenters. The van der Waals surface area contributed by atoms with E-state index < -0.39 is 17.8 Å². The van der Waals surface area contributed by atoms with E-state index in [4.69, 9.17) is 0 Å². The van der Waals surface area contributed by atoms with Gasteiger partial charge in [0.25, 0.3) is 17.6 Å². The second-order valence-electron chi connectivity index (χ2n) is 8.59. The number of hydrogen-bond donors (Lipinski definition) is 2. The molecule has 3 heterocycles. The Morgan fingerprint density at radius 1 is 1.14 bits per heavy atom. The number of halogens is 1. The van der Waals surface area contributed by atoms with Gasteiger partial charge in [0.1, 0.15) is 17.7 Å². The molecule has 1 aromatic carbocycles. The van der Waals surface area contributed by atoms with Gasteiger partial charge in [-0.3, -0.25) is 14.4 Å². The maximum atomic E-state index is 13.3. The van der Waals surface area contributed by atoms with Gasteiger partial charge in [-0.1, -0.05) is 12.1 Å². The number of fused-ring (bicyclic) bond motifs is 2. The first-order valence-corrected chi connectivity index (χ1v) is 11.4. The molecular formula is C25H22FN7O3. The van der Waals surface area contributed by atoms with Crippen molar-refractivity contribution in [3.8, 4) is 0 Å². The van der Waals surface area contributed by atoms with E-state index in [0.29, 0.717) is 17.5 Å². The third kappa shape index (κ3) is 4.30. The molecule has 1 aliphatic rings. The Hall–Kier alpha value is -4.54. The molecule has 5 rings (SSSR count). The van der Waals surface area contributed by atoms with Crippen LogP contribution in [0.4, 0.5) is 4.39 Å². The summed E-state index contributed by atoms with van der Waals surface area (Å²) in [5.74, 6) is -1.54. The number of nitrogens with zero attached hydrogens (tertiary/aromatic N) is 5. The second kappa shape index (κ2) is 9.25. The van der Waals surface area contributed by atoms with Crippen molar-refractivity contribution in [2.45, 2.75) is 39.3 Å². The number of carbonyl (C=O) groups excluding carboxylic acids is 3. The average Bonchev–Trinajstić information content (AvgIpc) is 3.49. The van der Waals surface area contributed by atoms with E-state index in [2.05, 4.69) is 30.7 Å². The second-order valence-corrected chi connectivity index (χ2v) is 8.59. The Morgan fingerprint density at radius 2 is 1.97 bits per heavy atom. The van der Waals surface area contributed by atoms with Crippen molar-refractivity contribution >= 4 is 23.4 Å². The highest BCUT2D eigenvalue weighted by Crippen LogP contribution is 2.35. The van der Waals surface area contributed by atoms with E-state index in [-0.39, 0.29) is 35.5 Å². The number of hydrogen-bond acceptors (Lipinski definition) is 7. The fraction of sp³-hybridized carbons (Fsp3) is 0.240. The Bertz CT molecular complexity index is 1530. The molecule has 3 aromatic heterocycles. The molecule has 0 aliphatic heterocycles.